The van der Waals surface area contributed by atoms with Gasteiger partial charge in [-0.1, -0.05) is 115 Å². The fourth-order valence-electron chi connectivity index (χ4n) is 7.99. The highest BCUT2D eigenvalue weighted by atomic mass is 15.2. The van der Waals surface area contributed by atoms with E-state index in [0.717, 1.165) is 67.1 Å². The van der Waals surface area contributed by atoms with Gasteiger partial charge in [-0.05, 0) is 128 Å². The van der Waals surface area contributed by atoms with Gasteiger partial charge < -0.3 is 5.32 Å². The van der Waals surface area contributed by atoms with Gasteiger partial charge in [0.15, 0.2) is 0 Å². The molecule has 0 saturated carbocycles. The van der Waals surface area contributed by atoms with Crippen LogP contribution in [0, 0.1) is 0 Å². The van der Waals surface area contributed by atoms with Crippen LogP contribution in [0.15, 0.2) is 213 Å². The Morgan fingerprint density at radius 3 is 1.52 bits per heavy atom. The summed E-state index contributed by atoms with van der Waals surface area (Å²) in [5, 5.41) is 7.90. The molecular formula is C53H39N5. The van der Waals surface area contributed by atoms with E-state index in [0.29, 0.717) is 0 Å². The average molecular weight is 746 g/mol. The van der Waals surface area contributed by atoms with Crippen molar-refractivity contribution in [2.45, 2.75) is 12.2 Å². The van der Waals surface area contributed by atoms with Crippen molar-refractivity contribution in [2.24, 2.45) is 0 Å². The van der Waals surface area contributed by atoms with E-state index in [-0.39, 0.29) is 12.2 Å². The monoisotopic (exact) mass is 745 g/mol. The molecular weight excluding hydrogens is 707 g/mol. The molecule has 5 nitrogen and oxygen atoms in total. The second-order valence-corrected chi connectivity index (χ2v) is 14.6. The molecule has 0 bridgehead atoms. The van der Waals surface area contributed by atoms with E-state index in [9.17, 15) is 0 Å². The molecule has 0 saturated heterocycles. The quantitative estimate of drug-likeness (QED) is 0.162. The lowest BCUT2D eigenvalue weighted by atomic mass is 9.90. The first-order valence-corrected chi connectivity index (χ1v) is 19.6. The lowest BCUT2D eigenvalue weighted by Crippen LogP contribution is -2.37. The number of nitrogens with zero attached hydrogens (tertiary/aromatic N) is 3. The Labute approximate surface area is 338 Å². The summed E-state index contributed by atoms with van der Waals surface area (Å²) in [7, 11) is 0. The van der Waals surface area contributed by atoms with Crippen LogP contribution in [0.5, 0.6) is 0 Å². The van der Waals surface area contributed by atoms with Crippen molar-refractivity contribution >= 4 is 5.69 Å². The summed E-state index contributed by atoms with van der Waals surface area (Å²) in [4.78, 5) is 13.8. The van der Waals surface area contributed by atoms with Crippen molar-refractivity contribution in [1.29, 1.82) is 0 Å². The molecule has 2 atom stereocenters. The molecule has 0 aliphatic carbocycles. The topological polar surface area (TPSA) is 62.7 Å². The largest absolute Gasteiger partial charge is 0.366 e. The molecule has 2 N–H and O–H groups in total. The zero-order chi connectivity index (χ0) is 38.7. The number of hydrogen-bond donors (Lipinski definition) is 2. The molecule has 276 valence electrons. The third-order valence-corrected chi connectivity index (χ3v) is 10.9. The van der Waals surface area contributed by atoms with E-state index >= 15 is 0 Å². The summed E-state index contributed by atoms with van der Waals surface area (Å²) >= 11 is 0. The summed E-state index contributed by atoms with van der Waals surface area (Å²) in [6.07, 6.45) is 7.27. The summed E-state index contributed by atoms with van der Waals surface area (Å²) in [5.41, 5.74) is 17.7. The number of anilines is 1. The van der Waals surface area contributed by atoms with Crippen LogP contribution in [0.4, 0.5) is 5.69 Å². The molecule has 2 unspecified atom stereocenters. The fourth-order valence-corrected chi connectivity index (χ4v) is 7.99. The first kappa shape index (κ1) is 35.0. The lowest BCUT2D eigenvalue weighted by molar-refractivity contribution is 0.506. The number of benzene rings is 6. The zero-order valence-electron chi connectivity index (χ0n) is 31.7. The number of pyridine rings is 3. The molecule has 10 rings (SSSR count). The first-order valence-electron chi connectivity index (χ1n) is 19.6. The molecule has 5 heteroatoms. The zero-order valence-corrected chi connectivity index (χ0v) is 31.7. The summed E-state index contributed by atoms with van der Waals surface area (Å²) < 4.78 is 0. The van der Waals surface area contributed by atoms with E-state index in [1.165, 1.54) is 22.3 Å². The predicted octanol–water partition coefficient (Wildman–Crippen LogP) is 12.7. The standard InChI is InChI=1S/C53H39N5/c1-3-12-36(13-4-1)40-23-24-48-51(34-40)57-53(58-52(48)39-14-5-2-6-15-39)47-31-42(28-44(32-47)41-16-11-25-54-35-41)37-19-21-38(22-20-37)43-29-45(49-17-7-9-26-55-49)33-46(30-43)50-18-8-10-27-56-50/h1-35,52-53,57-58H. The Bertz CT molecular complexity index is 2750. The Morgan fingerprint density at radius 2 is 0.897 bits per heavy atom. The molecule has 0 spiro atoms. The van der Waals surface area contributed by atoms with Gasteiger partial charge in [-0.15, -0.1) is 0 Å². The van der Waals surface area contributed by atoms with Gasteiger partial charge in [0.05, 0.1) is 17.4 Å². The van der Waals surface area contributed by atoms with Crippen LogP contribution < -0.4 is 10.6 Å². The molecule has 1 aliphatic heterocycles. The maximum absolute atomic E-state index is 4.67. The highest BCUT2D eigenvalue weighted by molar-refractivity contribution is 5.81. The number of aromatic nitrogens is 3. The SMILES string of the molecule is c1ccc(-c2ccc3c(c2)NC(c2cc(-c4ccc(-c5cc(-c6ccccn6)cc(-c6ccccn6)c5)cc4)cc(-c4cccnc4)c2)NC3c2ccccc2)cc1. The smallest absolute Gasteiger partial charge is 0.104 e. The number of fused-ring (bicyclic) bond motifs is 1. The Morgan fingerprint density at radius 1 is 0.362 bits per heavy atom. The fraction of sp³-hybridized carbons (Fsp3) is 0.0377. The maximum atomic E-state index is 4.67. The third kappa shape index (κ3) is 7.18. The number of rotatable bonds is 8. The van der Waals surface area contributed by atoms with Crippen LogP contribution in [-0.4, -0.2) is 15.0 Å². The van der Waals surface area contributed by atoms with Crippen molar-refractivity contribution in [3.8, 4) is 67.0 Å². The van der Waals surface area contributed by atoms with Gasteiger partial charge in [-0.2, -0.15) is 0 Å². The Balaban J connectivity index is 1.05. The minimum Gasteiger partial charge on any atom is -0.366 e. The minimum absolute atomic E-state index is 0.00474. The van der Waals surface area contributed by atoms with E-state index in [1.54, 1.807) is 0 Å². The van der Waals surface area contributed by atoms with Gasteiger partial charge in [-0.25, -0.2) is 0 Å². The van der Waals surface area contributed by atoms with Gasteiger partial charge in [-0.3, -0.25) is 20.3 Å². The van der Waals surface area contributed by atoms with Crippen molar-refractivity contribution < 1.29 is 0 Å². The molecule has 0 amide bonds. The van der Waals surface area contributed by atoms with Crippen molar-refractivity contribution in [1.82, 2.24) is 20.3 Å². The summed E-state index contributed by atoms with van der Waals surface area (Å²) in [6.45, 7) is 0. The highest BCUT2D eigenvalue weighted by Crippen LogP contribution is 2.41. The lowest BCUT2D eigenvalue weighted by Gasteiger charge is -2.36. The van der Waals surface area contributed by atoms with Crippen molar-refractivity contribution in [3.63, 3.8) is 0 Å². The van der Waals surface area contributed by atoms with Crippen LogP contribution >= 0.6 is 0 Å². The normalized spacial score (nSPS) is 14.6. The molecule has 3 aromatic heterocycles. The molecule has 0 radical (unpaired) electrons. The van der Waals surface area contributed by atoms with E-state index in [4.69, 9.17) is 0 Å². The second kappa shape index (κ2) is 15.6. The number of nitrogens with one attached hydrogen (secondary N) is 2. The number of hydrogen-bond acceptors (Lipinski definition) is 5. The third-order valence-electron chi connectivity index (χ3n) is 10.9. The Hall–Kier alpha value is -7.47. The van der Waals surface area contributed by atoms with Crippen LogP contribution in [0.3, 0.4) is 0 Å². The molecule has 1 aliphatic rings. The Kier molecular flexibility index (Phi) is 9.40. The highest BCUT2D eigenvalue weighted by Gasteiger charge is 2.29. The summed E-state index contributed by atoms with van der Waals surface area (Å²) in [6, 6.07) is 66.6. The predicted molar refractivity (Wildman–Crippen MR) is 237 cm³/mol. The first-order chi connectivity index (χ1) is 28.7. The van der Waals surface area contributed by atoms with E-state index in [2.05, 4.69) is 183 Å². The molecule has 58 heavy (non-hydrogen) atoms. The second-order valence-electron chi connectivity index (χ2n) is 14.6. The van der Waals surface area contributed by atoms with Gasteiger partial charge >= 0.3 is 0 Å². The average Bonchev–Trinajstić information content (AvgIpc) is 3.32. The van der Waals surface area contributed by atoms with Crippen LogP contribution in [0.25, 0.3) is 67.0 Å². The molecule has 0 fully saturated rings. The maximum Gasteiger partial charge on any atom is 0.104 e. The van der Waals surface area contributed by atoms with Gasteiger partial charge in [0.1, 0.15) is 6.17 Å². The van der Waals surface area contributed by atoms with Gasteiger partial charge in [0.2, 0.25) is 0 Å². The molecule has 4 heterocycles. The van der Waals surface area contributed by atoms with Crippen LogP contribution in [-0.2, 0) is 0 Å². The van der Waals surface area contributed by atoms with Gasteiger partial charge in [0.25, 0.3) is 0 Å². The van der Waals surface area contributed by atoms with E-state index < -0.39 is 0 Å². The summed E-state index contributed by atoms with van der Waals surface area (Å²) in [5.74, 6) is 0. The van der Waals surface area contributed by atoms with Crippen LogP contribution in [0.1, 0.15) is 28.9 Å². The molecule has 9 aromatic rings. The van der Waals surface area contributed by atoms with Crippen molar-refractivity contribution in [2.75, 3.05) is 5.32 Å². The van der Waals surface area contributed by atoms with Gasteiger partial charge in [0, 0.05) is 47.2 Å². The van der Waals surface area contributed by atoms with Crippen molar-refractivity contribution in [3.05, 3.63) is 230 Å². The molecule has 6 aromatic carbocycles. The minimum atomic E-state index is -0.169. The van der Waals surface area contributed by atoms with E-state index in [1.807, 2.05) is 55.1 Å². The van der Waals surface area contributed by atoms with Crippen LogP contribution in [0.2, 0.25) is 0 Å².